The van der Waals surface area contributed by atoms with E-state index in [9.17, 15) is 0 Å². The quantitative estimate of drug-likeness (QED) is 0.809. The number of likely N-dealkylation sites (N-methyl/N-ethyl adjacent to an activating group) is 1. The van der Waals surface area contributed by atoms with Crippen LogP contribution in [0.5, 0.6) is 0 Å². The van der Waals surface area contributed by atoms with Gasteiger partial charge in [-0.2, -0.15) is 0 Å². The summed E-state index contributed by atoms with van der Waals surface area (Å²) in [5, 5.41) is 4.69. The van der Waals surface area contributed by atoms with Crippen molar-refractivity contribution in [1.29, 1.82) is 0 Å². The van der Waals surface area contributed by atoms with Gasteiger partial charge in [0.1, 0.15) is 11.3 Å². The second kappa shape index (κ2) is 6.63. The highest BCUT2D eigenvalue weighted by atomic mass is 16.5. The third-order valence-corrected chi connectivity index (χ3v) is 4.24. The van der Waals surface area contributed by atoms with Crippen molar-refractivity contribution in [2.24, 2.45) is 0 Å². The first kappa shape index (κ1) is 16.1. The summed E-state index contributed by atoms with van der Waals surface area (Å²) in [4.78, 5) is 0. The van der Waals surface area contributed by atoms with Gasteiger partial charge in [0, 0.05) is 12.0 Å². The summed E-state index contributed by atoms with van der Waals surface area (Å²) in [7, 11) is 0. The van der Waals surface area contributed by atoms with Gasteiger partial charge in [0.2, 0.25) is 0 Å². The van der Waals surface area contributed by atoms with Crippen LogP contribution in [0.4, 0.5) is 0 Å². The Labute approximate surface area is 127 Å². The zero-order valence-electron chi connectivity index (χ0n) is 13.8. The van der Waals surface area contributed by atoms with Crippen LogP contribution in [0, 0.1) is 6.92 Å². The predicted octanol–water partition coefficient (Wildman–Crippen LogP) is 4.60. The van der Waals surface area contributed by atoms with Gasteiger partial charge in [-0.25, -0.2) is 0 Å². The average Bonchev–Trinajstić information content (AvgIpc) is 2.90. The zero-order chi connectivity index (χ0) is 15.5. The summed E-state index contributed by atoms with van der Waals surface area (Å²) in [5.74, 6) is 0.957. The molecule has 2 aromatic rings. The van der Waals surface area contributed by atoms with E-state index in [1.54, 1.807) is 0 Å². The molecule has 2 atom stereocenters. The van der Waals surface area contributed by atoms with E-state index in [2.05, 4.69) is 57.3 Å². The molecule has 2 rings (SSSR count). The number of rotatable bonds is 7. The highest BCUT2D eigenvalue weighted by Gasteiger charge is 2.36. The smallest absolute Gasteiger partial charge is 0.137 e. The molecule has 1 aromatic heterocycles. The molecule has 0 aliphatic carbocycles. The van der Waals surface area contributed by atoms with E-state index in [1.165, 1.54) is 5.56 Å². The Bertz CT molecular complexity index is 590. The first-order chi connectivity index (χ1) is 10.1. The van der Waals surface area contributed by atoms with Crippen molar-refractivity contribution in [3.05, 3.63) is 35.6 Å². The molecule has 1 aromatic carbocycles. The molecule has 0 bridgehead atoms. The molecular formula is C18H27NO2. The maximum absolute atomic E-state index is 6.17. The second-order valence-corrected chi connectivity index (χ2v) is 5.73. The second-order valence-electron chi connectivity index (χ2n) is 5.73. The number of furan rings is 1. The van der Waals surface area contributed by atoms with Gasteiger partial charge in [-0.15, -0.1) is 0 Å². The minimum Gasteiger partial charge on any atom is -0.459 e. The van der Waals surface area contributed by atoms with Crippen LogP contribution in [-0.2, 0) is 4.74 Å². The van der Waals surface area contributed by atoms with E-state index in [0.717, 1.165) is 29.7 Å². The van der Waals surface area contributed by atoms with Crippen LogP contribution in [0.15, 0.2) is 28.7 Å². The Morgan fingerprint density at radius 3 is 2.62 bits per heavy atom. The van der Waals surface area contributed by atoms with Crippen LogP contribution in [0.2, 0.25) is 0 Å². The molecular weight excluding hydrogens is 262 g/mol. The van der Waals surface area contributed by atoms with Gasteiger partial charge in [-0.05, 0) is 45.4 Å². The van der Waals surface area contributed by atoms with Crippen LogP contribution in [0.25, 0.3) is 11.0 Å². The fourth-order valence-electron chi connectivity index (χ4n) is 2.91. The number of aryl methyl sites for hydroxylation is 1. The van der Waals surface area contributed by atoms with Gasteiger partial charge in [0.15, 0.2) is 0 Å². The maximum Gasteiger partial charge on any atom is 0.137 e. The van der Waals surface area contributed by atoms with E-state index in [4.69, 9.17) is 9.15 Å². The normalized spacial score (nSPS) is 16.0. The molecule has 0 aliphatic rings. The summed E-state index contributed by atoms with van der Waals surface area (Å²) in [6.07, 6.45) is 0.925. The van der Waals surface area contributed by atoms with Gasteiger partial charge in [0.05, 0.1) is 11.6 Å². The largest absolute Gasteiger partial charge is 0.459 e. The van der Waals surface area contributed by atoms with Crippen LogP contribution in [0.1, 0.15) is 51.5 Å². The van der Waals surface area contributed by atoms with Crippen molar-refractivity contribution in [1.82, 2.24) is 5.32 Å². The number of benzene rings is 1. The Balaban J connectivity index is 2.46. The standard InChI is InChI=1S/C18H27NO2/c1-6-18(5,20-8-3)17(19-7-2)15-12-14-11-9-10-13(4)16(14)21-15/h9-12,17,19H,6-8H2,1-5H3. The van der Waals surface area contributed by atoms with Gasteiger partial charge in [-0.1, -0.05) is 32.0 Å². The molecule has 0 radical (unpaired) electrons. The molecule has 0 fully saturated rings. The summed E-state index contributed by atoms with van der Waals surface area (Å²) in [6.45, 7) is 12.1. The molecule has 0 aliphatic heterocycles. The molecule has 0 spiro atoms. The minimum absolute atomic E-state index is 0.0549. The molecule has 21 heavy (non-hydrogen) atoms. The summed E-state index contributed by atoms with van der Waals surface area (Å²) >= 11 is 0. The Hall–Kier alpha value is -1.32. The maximum atomic E-state index is 6.17. The Morgan fingerprint density at radius 1 is 1.29 bits per heavy atom. The zero-order valence-corrected chi connectivity index (χ0v) is 13.8. The highest BCUT2D eigenvalue weighted by molar-refractivity contribution is 5.81. The number of hydrogen-bond donors (Lipinski definition) is 1. The van der Waals surface area contributed by atoms with Crippen molar-refractivity contribution in [3.63, 3.8) is 0 Å². The van der Waals surface area contributed by atoms with E-state index >= 15 is 0 Å². The van der Waals surface area contributed by atoms with Crippen molar-refractivity contribution in [3.8, 4) is 0 Å². The van der Waals surface area contributed by atoms with Crippen LogP contribution >= 0.6 is 0 Å². The molecule has 0 saturated carbocycles. The van der Waals surface area contributed by atoms with Crippen LogP contribution in [0.3, 0.4) is 0 Å². The first-order valence-electron chi connectivity index (χ1n) is 7.92. The fraction of sp³-hybridized carbons (Fsp3) is 0.556. The van der Waals surface area contributed by atoms with Crippen molar-refractivity contribution < 1.29 is 9.15 Å². The number of nitrogens with one attached hydrogen (secondary N) is 1. The van der Waals surface area contributed by atoms with Crippen molar-refractivity contribution in [2.45, 2.75) is 52.7 Å². The Morgan fingerprint density at radius 2 is 2.05 bits per heavy atom. The van der Waals surface area contributed by atoms with Gasteiger partial charge < -0.3 is 14.5 Å². The average molecular weight is 289 g/mol. The molecule has 2 unspecified atom stereocenters. The van der Waals surface area contributed by atoms with Crippen molar-refractivity contribution in [2.75, 3.05) is 13.2 Å². The summed E-state index contributed by atoms with van der Waals surface area (Å²) in [5.41, 5.74) is 1.88. The third kappa shape index (κ3) is 3.14. The monoisotopic (exact) mass is 289 g/mol. The minimum atomic E-state index is -0.271. The van der Waals surface area contributed by atoms with E-state index in [1.807, 2.05) is 6.92 Å². The molecule has 0 saturated heterocycles. The lowest BCUT2D eigenvalue weighted by Crippen LogP contribution is -2.43. The molecule has 3 nitrogen and oxygen atoms in total. The topological polar surface area (TPSA) is 34.4 Å². The van der Waals surface area contributed by atoms with E-state index in [0.29, 0.717) is 6.61 Å². The molecule has 1 N–H and O–H groups in total. The summed E-state index contributed by atoms with van der Waals surface area (Å²) in [6, 6.07) is 8.45. The summed E-state index contributed by atoms with van der Waals surface area (Å²) < 4.78 is 12.2. The number of fused-ring (bicyclic) bond motifs is 1. The molecule has 1 heterocycles. The number of ether oxygens (including phenoxy) is 1. The van der Waals surface area contributed by atoms with Crippen molar-refractivity contribution >= 4 is 11.0 Å². The first-order valence-corrected chi connectivity index (χ1v) is 7.92. The number of para-hydroxylation sites is 1. The lowest BCUT2D eigenvalue weighted by molar-refractivity contribution is -0.0602. The lowest BCUT2D eigenvalue weighted by atomic mass is 9.91. The Kier molecular flexibility index (Phi) is 5.07. The van der Waals surface area contributed by atoms with Gasteiger partial charge in [0.25, 0.3) is 0 Å². The molecule has 116 valence electrons. The predicted molar refractivity (Wildman–Crippen MR) is 87.7 cm³/mol. The van der Waals surface area contributed by atoms with Gasteiger partial charge >= 0.3 is 0 Å². The van der Waals surface area contributed by atoms with E-state index in [-0.39, 0.29) is 11.6 Å². The molecule has 3 heteroatoms. The molecule has 0 amide bonds. The fourth-order valence-corrected chi connectivity index (χ4v) is 2.91. The van der Waals surface area contributed by atoms with Crippen LogP contribution in [-0.4, -0.2) is 18.8 Å². The van der Waals surface area contributed by atoms with Crippen LogP contribution < -0.4 is 5.32 Å². The van der Waals surface area contributed by atoms with E-state index < -0.39 is 0 Å². The lowest BCUT2D eigenvalue weighted by Gasteiger charge is -2.36. The highest BCUT2D eigenvalue weighted by Crippen LogP contribution is 2.35. The number of hydrogen-bond acceptors (Lipinski definition) is 3. The van der Waals surface area contributed by atoms with Gasteiger partial charge in [-0.3, -0.25) is 0 Å². The SMILES string of the molecule is CCNC(c1cc2cccc(C)c2o1)C(C)(CC)OCC. The third-order valence-electron chi connectivity index (χ3n) is 4.24.